The van der Waals surface area contributed by atoms with Crippen LogP contribution in [-0.4, -0.2) is 28.7 Å². The van der Waals surface area contributed by atoms with Gasteiger partial charge in [0.1, 0.15) is 6.07 Å². The molecule has 1 fully saturated rings. The summed E-state index contributed by atoms with van der Waals surface area (Å²) >= 11 is 1.62. The number of thiophene rings is 1. The lowest BCUT2D eigenvalue weighted by atomic mass is 10.1. The summed E-state index contributed by atoms with van der Waals surface area (Å²) in [5.41, 5.74) is 0.725. The van der Waals surface area contributed by atoms with E-state index in [4.69, 9.17) is 5.26 Å². The Morgan fingerprint density at radius 3 is 2.92 bits per heavy atom. The second-order valence-electron chi connectivity index (χ2n) is 5.90. The molecule has 0 amide bonds. The van der Waals surface area contributed by atoms with E-state index in [0.717, 1.165) is 38.0 Å². The Kier molecular flexibility index (Phi) is 5.28. The number of nitriles is 1. The maximum Gasteiger partial charge on any atom is 0.293 e. The Labute approximate surface area is 145 Å². The highest BCUT2D eigenvalue weighted by atomic mass is 32.1. The van der Waals surface area contributed by atoms with Crippen LogP contribution in [0.5, 0.6) is 0 Å². The van der Waals surface area contributed by atoms with Gasteiger partial charge in [0.2, 0.25) is 0 Å². The second kappa shape index (κ2) is 7.60. The van der Waals surface area contributed by atoms with Crippen LogP contribution >= 0.6 is 11.3 Å². The number of aromatic nitrogens is 2. The van der Waals surface area contributed by atoms with Crippen LogP contribution < -0.4 is 15.8 Å². The van der Waals surface area contributed by atoms with Crippen molar-refractivity contribution < 1.29 is 0 Å². The molecule has 6 nitrogen and oxygen atoms in total. The average molecular weight is 343 g/mol. The Bertz CT molecular complexity index is 783. The predicted octanol–water partition coefficient (Wildman–Crippen LogP) is 1.95. The molecule has 0 saturated carbocycles. The molecule has 3 heterocycles. The van der Waals surface area contributed by atoms with Crippen molar-refractivity contribution in [1.82, 2.24) is 14.9 Å². The lowest BCUT2D eigenvalue weighted by molar-refractivity contribution is 0.413. The van der Waals surface area contributed by atoms with Crippen molar-refractivity contribution in [3.63, 3.8) is 0 Å². The summed E-state index contributed by atoms with van der Waals surface area (Å²) in [5, 5.41) is 14.3. The van der Waals surface area contributed by atoms with Gasteiger partial charge in [-0.05, 0) is 25.8 Å². The molecule has 1 aliphatic heterocycles. The molecule has 2 aromatic rings. The molecular formula is C17H21N5OS. The topological polar surface area (TPSA) is 74.0 Å². The summed E-state index contributed by atoms with van der Waals surface area (Å²) in [7, 11) is 0. The lowest BCUT2D eigenvalue weighted by Crippen LogP contribution is -2.44. The Morgan fingerprint density at radius 1 is 1.46 bits per heavy atom. The number of anilines is 1. The largest absolute Gasteiger partial charge is 0.352 e. The van der Waals surface area contributed by atoms with Gasteiger partial charge in [0.15, 0.2) is 5.82 Å². The van der Waals surface area contributed by atoms with Crippen LogP contribution in [0.25, 0.3) is 0 Å². The van der Waals surface area contributed by atoms with Gasteiger partial charge in [-0.15, -0.1) is 11.3 Å². The van der Waals surface area contributed by atoms with Gasteiger partial charge < -0.3 is 14.8 Å². The normalized spacial score (nSPS) is 15.4. The molecule has 0 unspecified atom stereocenters. The highest BCUT2D eigenvalue weighted by Crippen LogP contribution is 2.17. The minimum Gasteiger partial charge on any atom is -0.352 e. The number of hydrogen-bond acceptors (Lipinski definition) is 6. The van der Waals surface area contributed by atoms with E-state index in [1.54, 1.807) is 28.3 Å². The van der Waals surface area contributed by atoms with Crippen LogP contribution in [0.15, 0.2) is 28.6 Å². The summed E-state index contributed by atoms with van der Waals surface area (Å²) in [6.45, 7) is 5.09. The lowest BCUT2D eigenvalue weighted by Gasteiger charge is -2.32. The van der Waals surface area contributed by atoms with Gasteiger partial charge in [0, 0.05) is 54.9 Å². The molecule has 1 aliphatic rings. The van der Waals surface area contributed by atoms with Crippen molar-refractivity contribution in [2.75, 3.05) is 18.0 Å². The highest BCUT2D eigenvalue weighted by Gasteiger charge is 2.22. The zero-order chi connectivity index (χ0) is 16.9. The molecule has 1 saturated heterocycles. The Hall–Kier alpha value is -2.17. The highest BCUT2D eigenvalue weighted by molar-refractivity contribution is 7.10. The molecule has 3 rings (SSSR count). The van der Waals surface area contributed by atoms with Crippen molar-refractivity contribution in [3.8, 4) is 6.07 Å². The summed E-state index contributed by atoms with van der Waals surface area (Å²) in [4.78, 5) is 19.9. The Balaban J connectivity index is 1.54. The Morgan fingerprint density at radius 2 is 2.25 bits per heavy atom. The molecule has 2 aromatic heterocycles. The number of nitrogens with one attached hydrogen (secondary N) is 1. The van der Waals surface area contributed by atoms with Gasteiger partial charge >= 0.3 is 0 Å². The minimum atomic E-state index is -0.00553. The summed E-state index contributed by atoms with van der Waals surface area (Å²) in [6, 6.07) is 4.54. The first kappa shape index (κ1) is 16.7. The monoisotopic (exact) mass is 343 g/mol. The van der Waals surface area contributed by atoms with Gasteiger partial charge in [-0.2, -0.15) is 5.26 Å². The fourth-order valence-corrected chi connectivity index (χ4v) is 3.73. The molecular weight excluding hydrogens is 322 g/mol. The van der Waals surface area contributed by atoms with Crippen molar-refractivity contribution in [3.05, 3.63) is 44.6 Å². The summed E-state index contributed by atoms with van der Waals surface area (Å²) in [6.07, 6.45) is 5.40. The molecule has 0 aliphatic carbocycles. The number of rotatable bonds is 5. The summed E-state index contributed by atoms with van der Waals surface area (Å²) in [5.74, 6) is 0.565. The fraction of sp³-hybridized carbons (Fsp3) is 0.471. The smallest absolute Gasteiger partial charge is 0.293 e. The van der Waals surface area contributed by atoms with E-state index >= 15 is 0 Å². The molecule has 0 spiro atoms. The first-order valence-electron chi connectivity index (χ1n) is 8.22. The van der Waals surface area contributed by atoms with E-state index in [0.29, 0.717) is 18.4 Å². The number of nitrogens with zero attached hydrogens (tertiary/aromatic N) is 4. The third-order valence-electron chi connectivity index (χ3n) is 4.38. The third-order valence-corrected chi connectivity index (χ3v) is 5.32. The first-order chi connectivity index (χ1) is 11.7. The molecule has 0 radical (unpaired) electrons. The van der Waals surface area contributed by atoms with Crippen molar-refractivity contribution in [1.29, 1.82) is 5.26 Å². The van der Waals surface area contributed by atoms with Crippen LogP contribution in [0.2, 0.25) is 0 Å². The van der Waals surface area contributed by atoms with Gasteiger partial charge in [-0.3, -0.25) is 4.79 Å². The predicted molar refractivity (Wildman–Crippen MR) is 95.3 cm³/mol. The van der Waals surface area contributed by atoms with Crippen molar-refractivity contribution in [2.45, 2.75) is 38.9 Å². The van der Waals surface area contributed by atoms with E-state index in [1.165, 1.54) is 4.88 Å². The van der Waals surface area contributed by atoms with Crippen LogP contribution in [-0.2, 0) is 13.1 Å². The average Bonchev–Trinajstić information content (AvgIpc) is 3.09. The van der Waals surface area contributed by atoms with E-state index in [2.05, 4.69) is 21.3 Å². The molecule has 126 valence electrons. The molecule has 0 aromatic carbocycles. The van der Waals surface area contributed by atoms with E-state index < -0.39 is 0 Å². The number of piperidine rings is 1. The third kappa shape index (κ3) is 3.66. The maximum absolute atomic E-state index is 12.3. The summed E-state index contributed by atoms with van der Waals surface area (Å²) < 4.78 is 1.69. The van der Waals surface area contributed by atoms with E-state index in [9.17, 15) is 4.79 Å². The number of aryl methyl sites for hydroxylation is 1. The number of hydrogen-bond donors (Lipinski definition) is 1. The molecule has 1 N–H and O–H groups in total. The van der Waals surface area contributed by atoms with Crippen LogP contribution in [0.4, 0.5) is 5.82 Å². The van der Waals surface area contributed by atoms with Gasteiger partial charge in [0.25, 0.3) is 5.56 Å². The molecule has 7 heteroatoms. The van der Waals surface area contributed by atoms with Crippen molar-refractivity contribution >= 4 is 17.2 Å². The SMILES string of the molecule is CCn1ccnc(N2CCC(NCc3cc(C#N)cs3)CC2)c1=O. The van der Waals surface area contributed by atoms with Gasteiger partial charge in [-0.1, -0.05) is 0 Å². The van der Waals surface area contributed by atoms with Crippen LogP contribution in [0.3, 0.4) is 0 Å². The van der Waals surface area contributed by atoms with E-state index in [-0.39, 0.29) is 5.56 Å². The zero-order valence-corrected chi connectivity index (χ0v) is 14.6. The van der Waals surface area contributed by atoms with Gasteiger partial charge in [-0.25, -0.2) is 4.98 Å². The van der Waals surface area contributed by atoms with Crippen LogP contribution in [0.1, 0.15) is 30.2 Å². The van der Waals surface area contributed by atoms with Gasteiger partial charge in [0.05, 0.1) is 5.56 Å². The zero-order valence-electron chi connectivity index (χ0n) is 13.7. The molecule has 0 bridgehead atoms. The first-order valence-corrected chi connectivity index (χ1v) is 9.10. The molecule has 0 atom stereocenters. The second-order valence-corrected chi connectivity index (χ2v) is 6.89. The quantitative estimate of drug-likeness (QED) is 0.898. The van der Waals surface area contributed by atoms with Crippen LogP contribution in [0, 0.1) is 11.3 Å². The minimum absolute atomic E-state index is 0.00553. The van der Waals surface area contributed by atoms with E-state index in [1.807, 2.05) is 18.4 Å². The molecule has 24 heavy (non-hydrogen) atoms. The maximum atomic E-state index is 12.3. The van der Waals surface area contributed by atoms with Crippen molar-refractivity contribution in [2.24, 2.45) is 0 Å². The standard InChI is InChI=1S/C17H21N5OS/c1-2-21-8-5-19-16(17(21)23)22-6-3-14(4-7-22)20-11-15-9-13(10-18)12-24-15/h5,8-9,12,14,20H,2-4,6-7,11H2,1H3. The fourth-order valence-electron chi connectivity index (χ4n) is 2.97.